The highest BCUT2D eigenvalue weighted by atomic mass is 16.6. The molecule has 1 saturated heterocycles. The van der Waals surface area contributed by atoms with Gasteiger partial charge in [0.1, 0.15) is 0 Å². The van der Waals surface area contributed by atoms with E-state index in [-0.39, 0.29) is 6.09 Å². The fourth-order valence-electron chi connectivity index (χ4n) is 2.14. The third kappa shape index (κ3) is 2.59. The van der Waals surface area contributed by atoms with Crippen molar-refractivity contribution >= 4 is 18.5 Å². The van der Waals surface area contributed by atoms with E-state index in [2.05, 4.69) is 21.1 Å². The Bertz CT molecular complexity index is 486. The molecule has 100 valence electrons. The van der Waals surface area contributed by atoms with Crippen LogP contribution in [0.2, 0.25) is 0 Å². The maximum absolute atomic E-state index is 11.9. The number of rotatable bonds is 1. The van der Waals surface area contributed by atoms with Crippen LogP contribution in [0.25, 0.3) is 0 Å². The molecule has 0 bridgehead atoms. The summed E-state index contributed by atoms with van der Waals surface area (Å²) in [5, 5.41) is 7.48. The van der Waals surface area contributed by atoms with E-state index >= 15 is 0 Å². The summed E-state index contributed by atoms with van der Waals surface area (Å²) in [7, 11) is 0. The predicted octanol–water partition coefficient (Wildman–Crippen LogP) is 0.882. The first-order valence-electron chi connectivity index (χ1n) is 6.34. The van der Waals surface area contributed by atoms with Gasteiger partial charge < -0.3 is 9.64 Å². The number of carbonyl (C=O) groups is 1. The molecule has 0 unspecified atom stereocenters. The molecular weight excluding hydrogens is 246 g/mol. The van der Waals surface area contributed by atoms with Crippen LogP contribution in [-0.2, 0) is 4.74 Å². The van der Waals surface area contributed by atoms with Gasteiger partial charge in [0.25, 0.3) is 0 Å². The van der Waals surface area contributed by atoms with Crippen molar-refractivity contribution < 1.29 is 9.53 Å². The van der Waals surface area contributed by atoms with Crippen LogP contribution in [0.3, 0.4) is 0 Å². The van der Waals surface area contributed by atoms with Gasteiger partial charge in [0.05, 0.1) is 18.1 Å². The first-order valence-corrected chi connectivity index (χ1v) is 6.34. The molecule has 0 aromatic carbocycles. The Morgan fingerprint density at radius 1 is 1.16 bits per heavy atom. The van der Waals surface area contributed by atoms with Crippen LogP contribution < -0.4 is 10.9 Å². The van der Waals surface area contributed by atoms with Crippen LogP contribution in [-0.4, -0.2) is 36.5 Å². The zero-order valence-electron chi connectivity index (χ0n) is 10.4. The number of piperidine rings is 1. The van der Waals surface area contributed by atoms with Crippen molar-refractivity contribution in [2.45, 2.75) is 19.3 Å². The summed E-state index contributed by atoms with van der Waals surface area (Å²) in [6.45, 7) is 1.54. The Balaban J connectivity index is 1.63. The summed E-state index contributed by atoms with van der Waals surface area (Å²) in [4.78, 5) is 13.6. The summed E-state index contributed by atoms with van der Waals surface area (Å²) in [6.07, 6.45) is 7.96. The fourth-order valence-corrected chi connectivity index (χ4v) is 2.14. The Hall–Kier alpha value is -2.31. The molecule has 0 spiro atoms. The monoisotopic (exact) mass is 261 g/mol. The molecule has 7 nitrogen and oxygen atoms in total. The number of nitrogens with zero attached hydrogens (tertiary/aromatic N) is 3. The van der Waals surface area contributed by atoms with Gasteiger partial charge in [-0.25, -0.2) is 4.79 Å². The average Bonchev–Trinajstić information content (AvgIpc) is 3.10. The maximum atomic E-state index is 11.9. The van der Waals surface area contributed by atoms with E-state index < -0.39 is 0 Å². The van der Waals surface area contributed by atoms with Crippen LogP contribution in [0.5, 0.6) is 0 Å². The Morgan fingerprint density at radius 3 is 2.63 bits per heavy atom. The molecular formula is C12H15N5O2. The quantitative estimate of drug-likeness (QED) is 0.734. The zero-order chi connectivity index (χ0) is 13.1. The number of carbonyl (C=O) groups excluding carboxylic acids is 1. The smallest absolute Gasteiger partial charge is 0.392 e. The van der Waals surface area contributed by atoms with Crippen molar-refractivity contribution in [3.05, 3.63) is 23.2 Å². The van der Waals surface area contributed by atoms with Gasteiger partial charge in [-0.3, -0.25) is 10.9 Å². The lowest BCUT2D eigenvalue weighted by molar-refractivity contribution is 0.115. The topological polar surface area (TPSA) is 78.3 Å². The van der Waals surface area contributed by atoms with Crippen molar-refractivity contribution in [3.8, 4) is 0 Å². The molecule has 7 heteroatoms. The maximum Gasteiger partial charge on any atom is 0.416 e. The number of nitrogens with one attached hydrogen (secondary N) is 2. The Morgan fingerprint density at radius 2 is 1.89 bits per heavy atom. The molecule has 3 rings (SSSR count). The van der Waals surface area contributed by atoms with Crippen molar-refractivity contribution in [2.75, 3.05) is 13.1 Å². The molecule has 2 N–H and O–H groups in total. The number of hydrazine groups is 1. The van der Waals surface area contributed by atoms with E-state index in [1.54, 1.807) is 23.4 Å². The Labute approximate surface area is 110 Å². The minimum atomic E-state index is -0.305. The van der Waals surface area contributed by atoms with Crippen molar-refractivity contribution in [1.82, 2.24) is 15.8 Å². The molecule has 1 fully saturated rings. The SMILES string of the molecule is O=C(OC1=CC(=C2C=NN=C2)NN1)N1CCCCC1. The standard InChI is InChI=1S/C12H15N5O2/c18-12(17-4-2-1-3-5-17)19-11-6-10(15-16-11)9-7-13-14-8-9/h6-8,15-16H,1-5H2. The van der Waals surface area contributed by atoms with Gasteiger partial charge >= 0.3 is 6.09 Å². The summed E-state index contributed by atoms with van der Waals surface area (Å²) in [5.74, 6) is 0.395. The summed E-state index contributed by atoms with van der Waals surface area (Å²) >= 11 is 0. The van der Waals surface area contributed by atoms with E-state index in [9.17, 15) is 4.79 Å². The number of ether oxygens (including phenoxy) is 1. The zero-order valence-corrected chi connectivity index (χ0v) is 10.4. The van der Waals surface area contributed by atoms with E-state index in [4.69, 9.17) is 4.74 Å². The number of hydrogen-bond acceptors (Lipinski definition) is 6. The molecule has 3 heterocycles. The van der Waals surface area contributed by atoms with E-state index in [1.165, 1.54) is 6.42 Å². The van der Waals surface area contributed by atoms with Crippen molar-refractivity contribution in [3.63, 3.8) is 0 Å². The third-order valence-corrected chi connectivity index (χ3v) is 3.18. The van der Waals surface area contributed by atoms with Gasteiger partial charge in [-0.05, 0) is 19.3 Å². The predicted molar refractivity (Wildman–Crippen MR) is 70.3 cm³/mol. The van der Waals surface area contributed by atoms with Gasteiger partial charge in [0.15, 0.2) is 0 Å². The van der Waals surface area contributed by atoms with Crippen LogP contribution in [0, 0.1) is 0 Å². The molecule has 0 aromatic heterocycles. The molecule has 1 amide bonds. The molecule has 0 saturated carbocycles. The van der Waals surface area contributed by atoms with Gasteiger partial charge in [-0.2, -0.15) is 10.2 Å². The summed E-state index contributed by atoms with van der Waals surface area (Å²) < 4.78 is 5.29. The van der Waals surface area contributed by atoms with Crippen LogP contribution >= 0.6 is 0 Å². The van der Waals surface area contributed by atoms with E-state index in [0.717, 1.165) is 37.2 Å². The summed E-state index contributed by atoms with van der Waals surface area (Å²) in [6, 6.07) is 0. The van der Waals surface area contributed by atoms with E-state index in [0.29, 0.717) is 5.88 Å². The molecule has 19 heavy (non-hydrogen) atoms. The molecule has 0 radical (unpaired) electrons. The Kier molecular flexibility index (Phi) is 3.18. The number of likely N-dealkylation sites (tertiary alicyclic amines) is 1. The van der Waals surface area contributed by atoms with Gasteiger partial charge in [0, 0.05) is 24.7 Å². The second kappa shape index (κ2) is 5.13. The molecule has 3 aliphatic rings. The van der Waals surface area contributed by atoms with Gasteiger partial charge in [-0.15, -0.1) is 0 Å². The fraction of sp³-hybridized carbons (Fsp3) is 0.417. The molecule has 0 atom stereocenters. The highest BCUT2D eigenvalue weighted by molar-refractivity contribution is 6.07. The summed E-state index contributed by atoms with van der Waals surface area (Å²) in [5.41, 5.74) is 7.36. The van der Waals surface area contributed by atoms with Crippen LogP contribution in [0.15, 0.2) is 33.4 Å². The van der Waals surface area contributed by atoms with Gasteiger partial charge in [-0.1, -0.05) is 0 Å². The lowest BCUT2D eigenvalue weighted by Crippen LogP contribution is -2.37. The van der Waals surface area contributed by atoms with Gasteiger partial charge in [0.2, 0.25) is 5.88 Å². The second-order valence-electron chi connectivity index (χ2n) is 4.53. The number of hydrogen-bond donors (Lipinski definition) is 2. The number of amides is 1. The number of allylic oxidation sites excluding steroid dienone is 2. The largest absolute Gasteiger partial charge is 0.416 e. The van der Waals surface area contributed by atoms with Crippen LogP contribution in [0.4, 0.5) is 4.79 Å². The molecule has 0 aliphatic carbocycles. The second-order valence-corrected chi connectivity index (χ2v) is 4.53. The first kappa shape index (κ1) is 11.8. The average molecular weight is 261 g/mol. The minimum Gasteiger partial charge on any atom is -0.392 e. The lowest BCUT2D eigenvalue weighted by Gasteiger charge is -2.25. The molecule has 0 aromatic rings. The minimum absolute atomic E-state index is 0.305. The van der Waals surface area contributed by atoms with Crippen LogP contribution in [0.1, 0.15) is 19.3 Å². The first-order chi connectivity index (χ1) is 9.33. The third-order valence-electron chi connectivity index (χ3n) is 3.18. The molecule has 3 aliphatic heterocycles. The van der Waals surface area contributed by atoms with E-state index in [1.807, 2.05) is 0 Å². The van der Waals surface area contributed by atoms with Crippen molar-refractivity contribution in [1.29, 1.82) is 0 Å². The van der Waals surface area contributed by atoms with Crippen molar-refractivity contribution in [2.24, 2.45) is 10.2 Å². The highest BCUT2D eigenvalue weighted by Gasteiger charge is 2.21. The normalized spacial score (nSPS) is 21.3. The lowest BCUT2D eigenvalue weighted by atomic mass is 10.1. The highest BCUT2D eigenvalue weighted by Crippen LogP contribution is 2.14.